The first-order valence-corrected chi connectivity index (χ1v) is 8.87. The van der Waals surface area contributed by atoms with E-state index >= 15 is 0 Å². The molecule has 1 aromatic carbocycles. The van der Waals surface area contributed by atoms with Crippen molar-refractivity contribution in [3.05, 3.63) is 66.0 Å². The Morgan fingerprint density at radius 3 is 2.48 bits per heavy atom. The molecule has 0 radical (unpaired) electrons. The van der Waals surface area contributed by atoms with E-state index < -0.39 is 6.04 Å². The average Bonchev–Trinajstić information content (AvgIpc) is 2.68. The van der Waals surface area contributed by atoms with Crippen molar-refractivity contribution in [2.75, 3.05) is 26.2 Å². The van der Waals surface area contributed by atoms with Crippen LogP contribution in [0.25, 0.3) is 0 Å². The first-order valence-electron chi connectivity index (χ1n) is 8.87. The number of rotatable bonds is 5. The molecule has 1 aliphatic rings. The third-order valence-corrected chi connectivity index (χ3v) is 4.96. The topological polar surface area (TPSA) is 62.5 Å². The second kappa shape index (κ2) is 8.23. The number of nitrogens with two attached hydrogens (primary N) is 1. The second-order valence-electron chi connectivity index (χ2n) is 6.62. The van der Waals surface area contributed by atoms with Crippen LogP contribution >= 0.6 is 0 Å². The maximum Gasteiger partial charge on any atom is 0.239 e. The molecular weight excluding hydrogens is 312 g/mol. The molecule has 1 fully saturated rings. The predicted octanol–water partition coefficient (Wildman–Crippen LogP) is 1.86. The van der Waals surface area contributed by atoms with E-state index in [2.05, 4.69) is 22.9 Å². The number of nitrogens with zero attached hydrogens (tertiary/aromatic N) is 3. The Kier molecular flexibility index (Phi) is 5.79. The Balaban J connectivity index is 1.52. The zero-order valence-corrected chi connectivity index (χ0v) is 14.7. The Bertz CT molecular complexity index is 669. The molecule has 3 rings (SSSR count). The number of hydrogen-bond donors (Lipinski definition) is 1. The monoisotopic (exact) mass is 338 g/mol. The summed E-state index contributed by atoms with van der Waals surface area (Å²) in [6.45, 7) is 5.37. The van der Waals surface area contributed by atoms with Crippen molar-refractivity contribution in [1.29, 1.82) is 0 Å². The average molecular weight is 338 g/mol. The predicted molar refractivity (Wildman–Crippen MR) is 98.9 cm³/mol. The minimum atomic E-state index is -0.468. The number of amides is 1. The summed E-state index contributed by atoms with van der Waals surface area (Å²) in [6, 6.07) is 13.9. The van der Waals surface area contributed by atoms with Crippen molar-refractivity contribution >= 4 is 5.91 Å². The standard InChI is InChI=1S/C20H26N4O/c1-16(18-8-5-9-22-15-18)23-10-12-24(13-11-23)20(25)19(21)14-17-6-3-2-4-7-17/h2-9,15-16,19H,10-14,21H2,1H3. The summed E-state index contributed by atoms with van der Waals surface area (Å²) in [5.41, 5.74) is 8.47. The summed E-state index contributed by atoms with van der Waals surface area (Å²) < 4.78 is 0. The zero-order chi connectivity index (χ0) is 17.6. The third kappa shape index (κ3) is 4.44. The highest BCUT2D eigenvalue weighted by atomic mass is 16.2. The molecule has 5 heteroatoms. The fourth-order valence-corrected chi connectivity index (χ4v) is 3.35. The molecule has 0 saturated carbocycles. The van der Waals surface area contributed by atoms with Crippen LogP contribution in [-0.2, 0) is 11.2 Å². The number of carbonyl (C=O) groups excluding carboxylic acids is 1. The van der Waals surface area contributed by atoms with Crippen LogP contribution in [0.15, 0.2) is 54.9 Å². The van der Waals surface area contributed by atoms with Crippen molar-refractivity contribution in [3.8, 4) is 0 Å². The molecular formula is C20H26N4O. The highest BCUT2D eigenvalue weighted by Crippen LogP contribution is 2.20. The van der Waals surface area contributed by atoms with Gasteiger partial charge in [-0.2, -0.15) is 0 Å². The normalized spacial score (nSPS) is 17.9. The van der Waals surface area contributed by atoms with Crippen LogP contribution < -0.4 is 5.73 Å². The van der Waals surface area contributed by atoms with Crippen LogP contribution in [-0.4, -0.2) is 52.9 Å². The number of pyridine rings is 1. The number of aromatic nitrogens is 1. The molecule has 2 unspecified atom stereocenters. The highest BCUT2D eigenvalue weighted by Gasteiger charge is 2.27. The smallest absolute Gasteiger partial charge is 0.239 e. The lowest BCUT2D eigenvalue weighted by Gasteiger charge is -2.39. The third-order valence-electron chi connectivity index (χ3n) is 4.96. The van der Waals surface area contributed by atoms with Gasteiger partial charge in [0, 0.05) is 44.6 Å². The molecule has 1 amide bonds. The van der Waals surface area contributed by atoms with Crippen LogP contribution in [0.5, 0.6) is 0 Å². The van der Waals surface area contributed by atoms with E-state index in [1.165, 1.54) is 5.56 Å². The van der Waals surface area contributed by atoms with Crippen molar-refractivity contribution in [2.45, 2.75) is 25.4 Å². The van der Waals surface area contributed by atoms with Gasteiger partial charge in [-0.15, -0.1) is 0 Å². The summed E-state index contributed by atoms with van der Waals surface area (Å²) in [6.07, 6.45) is 4.30. The Labute approximate surface area is 149 Å². The maximum atomic E-state index is 12.6. The van der Waals surface area contributed by atoms with Crippen LogP contribution in [0.3, 0.4) is 0 Å². The molecule has 1 saturated heterocycles. The van der Waals surface area contributed by atoms with Gasteiger partial charge >= 0.3 is 0 Å². The van der Waals surface area contributed by atoms with E-state index in [1.54, 1.807) is 6.20 Å². The van der Waals surface area contributed by atoms with Gasteiger partial charge < -0.3 is 10.6 Å². The van der Waals surface area contributed by atoms with E-state index in [0.717, 1.165) is 31.7 Å². The molecule has 0 aliphatic carbocycles. The van der Waals surface area contributed by atoms with E-state index in [4.69, 9.17) is 5.73 Å². The summed E-state index contributed by atoms with van der Waals surface area (Å²) in [4.78, 5) is 21.1. The molecule has 2 N–H and O–H groups in total. The maximum absolute atomic E-state index is 12.6. The van der Waals surface area contributed by atoms with Crippen molar-refractivity contribution in [2.24, 2.45) is 5.73 Å². The van der Waals surface area contributed by atoms with Crippen LogP contribution in [0, 0.1) is 0 Å². The molecule has 1 aromatic heterocycles. The lowest BCUT2D eigenvalue weighted by molar-refractivity contribution is -0.134. The summed E-state index contributed by atoms with van der Waals surface area (Å²) in [7, 11) is 0. The molecule has 132 valence electrons. The summed E-state index contributed by atoms with van der Waals surface area (Å²) in [5.74, 6) is 0.0533. The second-order valence-corrected chi connectivity index (χ2v) is 6.62. The van der Waals surface area contributed by atoms with Crippen LogP contribution in [0.4, 0.5) is 0 Å². The fourth-order valence-electron chi connectivity index (χ4n) is 3.35. The molecule has 5 nitrogen and oxygen atoms in total. The minimum absolute atomic E-state index is 0.0533. The molecule has 2 aromatic rings. The molecule has 0 spiro atoms. The Hall–Kier alpha value is -2.24. The van der Waals surface area contributed by atoms with Gasteiger partial charge in [0.15, 0.2) is 0 Å². The van der Waals surface area contributed by atoms with Gasteiger partial charge in [-0.25, -0.2) is 0 Å². The summed E-state index contributed by atoms with van der Waals surface area (Å²) in [5, 5.41) is 0. The lowest BCUT2D eigenvalue weighted by Crippen LogP contribution is -2.53. The van der Waals surface area contributed by atoms with Gasteiger partial charge in [-0.3, -0.25) is 14.7 Å². The molecule has 2 heterocycles. The minimum Gasteiger partial charge on any atom is -0.339 e. The first-order chi connectivity index (χ1) is 12.1. The van der Waals surface area contributed by atoms with Crippen molar-refractivity contribution < 1.29 is 4.79 Å². The Morgan fingerprint density at radius 2 is 1.84 bits per heavy atom. The highest BCUT2D eigenvalue weighted by molar-refractivity contribution is 5.82. The number of hydrogen-bond acceptors (Lipinski definition) is 4. The Morgan fingerprint density at radius 1 is 1.12 bits per heavy atom. The SMILES string of the molecule is CC(c1cccnc1)N1CCN(C(=O)C(N)Cc2ccccc2)CC1. The van der Waals surface area contributed by atoms with E-state index in [9.17, 15) is 4.79 Å². The molecule has 1 aliphatic heterocycles. The van der Waals surface area contributed by atoms with Gasteiger partial charge in [0.05, 0.1) is 6.04 Å². The van der Waals surface area contributed by atoms with Crippen molar-refractivity contribution in [3.63, 3.8) is 0 Å². The van der Waals surface area contributed by atoms with Gasteiger partial charge in [-0.05, 0) is 30.5 Å². The van der Waals surface area contributed by atoms with E-state index in [-0.39, 0.29) is 5.91 Å². The van der Waals surface area contributed by atoms with E-state index in [1.807, 2.05) is 47.5 Å². The quantitative estimate of drug-likeness (QED) is 0.904. The molecule has 0 bridgehead atoms. The van der Waals surface area contributed by atoms with Crippen LogP contribution in [0.1, 0.15) is 24.1 Å². The number of carbonyl (C=O) groups is 1. The van der Waals surface area contributed by atoms with E-state index in [0.29, 0.717) is 12.5 Å². The molecule has 2 atom stereocenters. The van der Waals surface area contributed by atoms with Crippen LogP contribution in [0.2, 0.25) is 0 Å². The van der Waals surface area contributed by atoms with Gasteiger partial charge in [0.2, 0.25) is 5.91 Å². The molecule has 25 heavy (non-hydrogen) atoms. The summed E-state index contributed by atoms with van der Waals surface area (Å²) >= 11 is 0. The van der Waals surface area contributed by atoms with Gasteiger partial charge in [-0.1, -0.05) is 36.4 Å². The fraction of sp³-hybridized carbons (Fsp3) is 0.400. The lowest BCUT2D eigenvalue weighted by atomic mass is 10.0. The van der Waals surface area contributed by atoms with Crippen molar-refractivity contribution in [1.82, 2.24) is 14.8 Å². The van der Waals surface area contributed by atoms with Gasteiger partial charge in [0.25, 0.3) is 0 Å². The van der Waals surface area contributed by atoms with Gasteiger partial charge in [0.1, 0.15) is 0 Å². The zero-order valence-electron chi connectivity index (χ0n) is 14.7. The number of piperazine rings is 1. The largest absolute Gasteiger partial charge is 0.339 e. The number of benzene rings is 1. The first kappa shape index (κ1) is 17.6.